The maximum Gasteiger partial charge on any atom is 0.527 e. The molecule has 0 saturated heterocycles. The van der Waals surface area contributed by atoms with Gasteiger partial charge in [0.15, 0.2) is 0 Å². The van der Waals surface area contributed by atoms with Crippen molar-refractivity contribution in [2.24, 2.45) is 5.73 Å². The Morgan fingerprint density at radius 3 is 1.94 bits per heavy atom. The second-order valence-corrected chi connectivity index (χ2v) is 3.97. The van der Waals surface area contributed by atoms with E-state index in [1.54, 1.807) is 0 Å². The molecule has 0 heterocycles. The molecule has 0 radical (unpaired) electrons. The molecule has 1 aromatic carbocycles. The minimum absolute atomic E-state index is 0.0895. The van der Waals surface area contributed by atoms with Crippen LogP contribution in [0.25, 0.3) is 0 Å². The lowest BCUT2D eigenvalue weighted by Gasteiger charge is -2.05. The smallest absolute Gasteiger partial charge is 0.367 e. The van der Waals surface area contributed by atoms with E-state index < -0.39 is 19.7 Å². The summed E-state index contributed by atoms with van der Waals surface area (Å²) in [7, 11) is -4.86. The molecular formula is C8H8NO6P. The minimum Gasteiger partial charge on any atom is -0.367 e. The highest BCUT2D eigenvalue weighted by atomic mass is 31.2. The predicted molar refractivity (Wildman–Crippen MR) is 52.4 cm³/mol. The van der Waals surface area contributed by atoms with Gasteiger partial charge in [0.2, 0.25) is 5.91 Å². The summed E-state index contributed by atoms with van der Waals surface area (Å²) in [5.74, 6) is -1.85. The first-order valence-electron chi connectivity index (χ1n) is 3.99. The Bertz CT molecular complexity index is 462. The summed E-state index contributed by atoms with van der Waals surface area (Å²) in [5.41, 5.74) is 5.05. The number of hydrogen-bond acceptors (Lipinski definition) is 4. The number of phosphoric ester groups is 1. The zero-order chi connectivity index (χ0) is 12.3. The molecule has 1 amide bonds. The highest BCUT2D eigenvalue weighted by molar-refractivity contribution is 7.46. The first-order valence-corrected chi connectivity index (χ1v) is 5.52. The zero-order valence-electron chi connectivity index (χ0n) is 7.86. The number of amides is 1. The van der Waals surface area contributed by atoms with Crippen LogP contribution in [0.15, 0.2) is 24.3 Å². The van der Waals surface area contributed by atoms with Gasteiger partial charge in [0.1, 0.15) is 0 Å². The van der Waals surface area contributed by atoms with Crippen molar-refractivity contribution in [2.75, 3.05) is 0 Å². The van der Waals surface area contributed by atoms with Crippen LogP contribution in [0.1, 0.15) is 20.7 Å². The van der Waals surface area contributed by atoms with Gasteiger partial charge in [-0.1, -0.05) is 0 Å². The van der Waals surface area contributed by atoms with Crippen molar-refractivity contribution in [2.45, 2.75) is 0 Å². The van der Waals surface area contributed by atoms with Crippen molar-refractivity contribution in [3.05, 3.63) is 35.4 Å². The van der Waals surface area contributed by atoms with E-state index in [0.717, 1.165) is 0 Å². The van der Waals surface area contributed by atoms with Crippen LogP contribution in [0.2, 0.25) is 0 Å². The lowest BCUT2D eigenvalue weighted by atomic mass is 10.1. The van der Waals surface area contributed by atoms with Crippen LogP contribution in [0, 0.1) is 0 Å². The number of nitrogens with two attached hydrogens (primary N) is 1. The number of benzene rings is 1. The average molecular weight is 245 g/mol. The van der Waals surface area contributed by atoms with Crippen LogP contribution in [0.3, 0.4) is 0 Å². The molecule has 0 aliphatic rings. The molecule has 0 unspecified atom stereocenters. The van der Waals surface area contributed by atoms with Crippen LogP contribution in [0.5, 0.6) is 0 Å². The quantitative estimate of drug-likeness (QED) is 0.645. The predicted octanol–water partition coefficient (Wildman–Crippen LogP) is 0.0350. The first kappa shape index (κ1) is 12.4. The van der Waals surface area contributed by atoms with Gasteiger partial charge < -0.3 is 10.3 Å². The summed E-state index contributed by atoms with van der Waals surface area (Å²) < 4.78 is 14.2. The van der Waals surface area contributed by atoms with Gasteiger partial charge >= 0.3 is 13.8 Å². The normalized spacial score (nSPS) is 10.9. The summed E-state index contributed by atoms with van der Waals surface area (Å²) in [6, 6.07) is 4.85. The highest BCUT2D eigenvalue weighted by Gasteiger charge is 2.21. The molecule has 0 atom stereocenters. The number of phosphoric acid groups is 1. The van der Waals surface area contributed by atoms with Crippen molar-refractivity contribution >= 4 is 19.7 Å². The molecule has 7 nitrogen and oxygen atoms in total. The number of carbonyl (C=O) groups excluding carboxylic acids is 2. The Morgan fingerprint density at radius 1 is 1.12 bits per heavy atom. The van der Waals surface area contributed by atoms with Gasteiger partial charge in [0, 0.05) is 5.56 Å². The van der Waals surface area contributed by atoms with E-state index in [9.17, 15) is 14.2 Å². The van der Waals surface area contributed by atoms with Crippen LogP contribution >= 0.6 is 7.82 Å². The molecule has 4 N–H and O–H groups in total. The van der Waals surface area contributed by atoms with Crippen molar-refractivity contribution in [3.63, 3.8) is 0 Å². The maximum atomic E-state index is 11.1. The summed E-state index contributed by atoms with van der Waals surface area (Å²) in [6.45, 7) is 0. The third kappa shape index (κ3) is 3.47. The first-order chi connectivity index (χ1) is 7.29. The summed E-state index contributed by atoms with van der Waals surface area (Å²) >= 11 is 0. The third-order valence-electron chi connectivity index (χ3n) is 1.61. The Kier molecular flexibility index (Phi) is 3.44. The second-order valence-electron chi connectivity index (χ2n) is 2.81. The Hall–Kier alpha value is -1.69. The standard InChI is InChI=1S/C8H8NO6P/c9-7(10)5-1-3-6(4-2-5)8(11)15-16(12,13)14/h1-4H,(H2,9,10)(H2,12,13,14). The van der Waals surface area contributed by atoms with Crippen LogP contribution in [-0.4, -0.2) is 21.7 Å². The van der Waals surface area contributed by atoms with Gasteiger partial charge in [-0.25, -0.2) is 9.36 Å². The molecule has 0 bridgehead atoms. The summed E-state index contributed by atoms with van der Waals surface area (Å²) in [4.78, 5) is 38.6. The molecule has 86 valence electrons. The SMILES string of the molecule is NC(=O)c1ccc(C(=O)OP(=O)(O)O)cc1. The van der Waals surface area contributed by atoms with Gasteiger partial charge in [-0.15, -0.1) is 0 Å². The number of rotatable bonds is 3. The number of primary amides is 1. The lowest BCUT2D eigenvalue weighted by Crippen LogP contribution is -2.11. The number of hydrogen-bond donors (Lipinski definition) is 3. The maximum absolute atomic E-state index is 11.1. The molecule has 0 aliphatic heterocycles. The Balaban J connectivity index is 2.86. The molecule has 16 heavy (non-hydrogen) atoms. The molecule has 0 aliphatic carbocycles. The zero-order valence-corrected chi connectivity index (χ0v) is 8.76. The van der Waals surface area contributed by atoms with Crippen molar-refractivity contribution < 1.29 is 28.5 Å². The highest BCUT2D eigenvalue weighted by Crippen LogP contribution is 2.36. The topological polar surface area (TPSA) is 127 Å². The molecule has 0 spiro atoms. The summed E-state index contributed by atoms with van der Waals surface area (Å²) in [6.07, 6.45) is 0. The van der Waals surface area contributed by atoms with E-state index >= 15 is 0 Å². The molecule has 8 heteroatoms. The van der Waals surface area contributed by atoms with Gasteiger partial charge in [0.25, 0.3) is 0 Å². The Morgan fingerprint density at radius 2 is 1.56 bits per heavy atom. The molecule has 1 aromatic rings. The van der Waals surface area contributed by atoms with E-state index in [2.05, 4.69) is 4.52 Å². The minimum atomic E-state index is -4.86. The van der Waals surface area contributed by atoms with Crippen molar-refractivity contribution in [3.8, 4) is 0 Å². The fraction of sp³-hybridized carbons (Fsp3) is 0. The third-order valence-corrected chi connectivity index (χ3v) is 2.01. The van der Waals surface area contributed by atoms with Gasteiger partial charge in [-0.05, 0) is 24.3 Å². The van der Waals surface area contributed by atoms with E-state index in [1.807, 2.05) is 0 Å². The molecule has 1 rings (SSSR count). The monoisotopic (exact) mass is 245 g/mol. The van der Waals surface area contributed by atoms with Gasteiger partial charge in [-0.2, -0.15) is 0 Å². The molecular weight excluding hydrogens is 237 g/mol. The van der Waals surface area contributed by atoms with E-state index in [0.29, 0.717) is 0 Å². The van der Waals surface area contributed by atoms with Crippen LogP contribution in [0.4, 0.5) is 0 Å². The van der Waals surface area contributed by atoms with E-state index in [-0.39, 0.29) is 11.1 Å². The fourth-order valence-corrected chi connectivity index (χ4v) is 1.25. The fourth-order valence-electron chi connectivity index (χ4n) is 0.931. The van der Waals surface area contributed by atoms with Crippen LogP contribution < -0.4 is 5.73 Å². The molecule has 0 fully saturated rings. The van der Waals surface area contributed by atoms with E-state index in [1.165, 1.54) is 24.3 Å². The van der Waals surface area contributed by atoms with Gasteiger partial charge in [0.05, 0.1) is 5.56 Å². The molecule has 0 aromatic heterocycles. The molecule has 0 saturated carbocycles. The van der Waals surface area contributed by atoms with Crippen molar-refractivity contribution in [1.29, 1.82) is 0 Å². The van der Waals surface area contributed by atoms with E-state index in [4.69, 9.17) is 15.5 Å². The summed E-state index contributed by atoms with van der Waals surface area (Å²) in [5, 5.41) is 0. The second kappa shape index (κ2) is 4.44. The largest absolute Gasteiger partial charge is 0.527 e. The average Bonchev–Trinajstić information content (AvgIpc) is 2.15. The van der Waals surface area contributed by atoms with Gasteiger partial charge in [-0.3, -0.25) is 14.6 Å². The van der Waals surface area contributed by atoms with Crippen molar-refractivity contribution in [1.82, 2.24) is 0 Å². The van der Waals surface area contributed by atoms with Crippen LogP contribution in [-0.2, 0) is 9.09 Å². The number of carbonyl (C=O) groups is 2. The lowest BCUT2D eigenvalue weighted by molar-refractivity contribution is 0.0677. The Labute approximate surface area is 90.1 Å².